The van der Waals surface area contributed by atoms with Gasteiger partial charge in [0.05, 0.1) is 6.07 Å². The standard InChI is InChI=1S/C16H21NS/c1-4-6-14(12-17)16(7-5-2)18-15-10-8-13(3)9-11-15/h8-11H,4-7H2,1-3H3/b16-14+. The molecular formula is C16H21NS. The molecule has 18 heavy (non-hydrogen) atoms. The molecule has 1 aromatic rings. The van der Waals surface area contributed by atoms with Crippen molar-refractivity contribution >= 4 is 11.8 Å². The highest BCUT2D eigenvalue weighted by Gasteiger charge is 2.07. The third-order valence-corrected chi connectivity index (χ3v) is 3.92. The SMILES string of the molecule is CCC/C(C#N)=C(/CCC)Sc1ccc(C)cc1. The van der Waals surface area contributed by atoms with Crippen LogP contribution in [0.3, 0.4) is 0 Å². The number of benzene rings is 1. The van der Waals surface area contributed by atoms with Gasteiger partial charge in [-0.25, -0.2) is 0 Å². The molecule has 1 aromatic carbocycles. The van der Waals surface area contributed by atoms with Crippen LogP contribution in [0.4, 0.5) is 0 Å². The molecule has 0 aliphatic heterocycles. The smallest absolute Gasteiger partial charge is 0.0955 e. The summed E-state index contributed by atoms with van der Waals surface area (Å²) in [5, 5.41) is 9.26. The van der Waals surface area contributed by atoms with E-state index in [2.05, 4.69) is 51.1 Å². The molecule has 0 spiro atoms. The topological polar surface area (TPSA) is 23.8 Å². The van der Waals surface area contributed by atoms with Crippen molar-refractivity contribution in [2.45, 2.75) is 51.3 Å². The molecule has 0 amide bonds. The molecule has 0 heterocycles. The molecule has 0 saturated carbocycles. The predicted molar refractivity (Wildman–Crippen MR) is 79.5 cm³/mol. The maximum absolute atomic E-state index is 9.26. The average molecular weight is 259 g/mol. The Morgan fingerprint density at radius 3 is 2.22 bits per heavy atom. The molecule has 96 valence electrons. The molecule has 0 N–H and O–H groups in total. The van der Waals surface area contributed by atoms with Crippen molar-refractivity contribution in [3.63, 3.8) is 0 Å². The fraction of sp³-hybridized carbons (Fsp3) is 0.438. The summed E-state index contributed by atoms with van der Waals surface area (Å²) in [4.78, 5) is 2.47. The van der Waals surface area contributed by atoms with Crippen LogP contribution in [0.15, 0.2) is 39.6 Å². The van der Waals surface area contributed by atoms with Crippen molar-refractivity contribution in [1.82, 2.24) is 0 Å². The minimum atomic E-state index is 0.894. The molecule has 0 radical (unpaired) electrons. The van der Waals surface area contributed by atoms with Gasteiger partial charge in [0.25, 0.3) is 0 Å². The van der Waals surface area contributed by atoms with Gasteiger partial charge in [0.1, 0.15) is 0 Å². The van der Waals surface area contributed by atoms with E-state index in [-0.39, 0.29) is 0 Å². The van der Waals surface area contributed by atoms with Crippen LogP contribution >= 0.6 is 11.8 Å². The Morgan fingerprint density at radius 2 is 1.72 bits per heavy atom. The van der Waals surface area contributed by atoms with E-state index < -0.39 is 0 Å². The van der Waals surface area contributed by atoms with Crippen LogP contribution in [0.5, 0.6) is 0 Å². The first-order chi connectivity index (χ1) is 8.71. The lowest BCUT2D eigenvalue weighted by molar-refractivity contribution is 0.888. The zero-order valence-corrected chi connectivity index (χ0v) is 12.3. The fourth-order valence-corrected chi connectivity index (χ4v) is 2.88. The second kappa shape index (κ2) is 8.00. The van der Waals surface area contributed by atoms with Crippen molar-refractivity contribution in [2.24, 2.45) is 0 Å². The average Bonchev–Trinajstić information content (AvgIpc) is 2.38. The number of allylic oxidation sites excluding steroid dienone is 2. The van der Waals surface area contributed by atoms with Gasteiger partial charge in [0, 0.05) is 15.4 Å². The van der Waals surface area contributed by atoms with E-state index in [1.54, 1.807) is 11.8 Å². The first-order valence-corrected chi connectivity index (χ1v) is 7.39. The first kappa shape index (κ1) is 14.9. The number of nitrogens with zero attached hydrogens (tertiary/aromatic N) is 1. The van der Waals surface area contributed by atoms with E-state index in [1.807, 2.05) is 0 Å². The van der Waals surface area contributed by atoms with Crippen LogP contribution in [0.1, 0.15) is 45.1 Å². The molecule has 0 atom stereocenters. The zero-order valence-electron chi connectivity index (χ0n) is 11.5. The largest absolute Gasteiger partial charge is 0.193 e. The summed E-state index contributed by atoms with van der Waals surface area (Å²) in [6.07, 6.45) is 4.01. The number of thioether (sulfide) groups is 1. The van der Waals surface area contributed by atoms with Gasteiger partial charge < -0.3 is 0 Å². The van der Waals surface area contributed by atoms with E-state index >= 15 is 0 Å². The van der Waals surface area contributed by atoms with Gasteiger partial charge >= 0.3 is 0 Å². The molecular weight excluding hydrogens is 238 g/mol. The maximum Gasteiger partial charge on any atom is 0.0955 e. The quantitative estimate of drug-likeness (QED) is 0.500. The predicted octanol–water partition coefficient (Wildman–Crippen LogP) is 5.47. The third kappa shape index (κ3) is 4.58. The van der Waals surface area contributed by atoms with Crippen LogP contribution in [-0.2, 0) is 0 Å². The maximum atomic E-state index is 9.26. The molecule has 0 bridgehead atoms. The summed E-state index contributed by atoms with van der Waals surface area (Å²) in [6.45, 7) is 6.38. The van der Waals surface area contributed by atoms with Gasteiger partial charge in [-0.15, -0.1) is 0 Å². The Kier molecular flexibility index (Phi) is 6.60. The lowest BCUT2D eigenvalue weighted by atomic mass is 10.1. The third-order valence-electron chi connectivity index (χ3n) is 2.71. The van der Waals surface area contributed by atoms with Crippen molar-refractivity contribution in [3.05, 3.63) is 40.3 Å². The molecule has 0 aliphatic carbocycles. The Morgan fingerprint density at radius 1 is 1.11 bits per heavy atom. The van der Waals surface area contributed by atoms with Crippen molar-refractivity contribution in [2.75, 3.05) is 0 Å². The highest BCUT2D eigenvalue weighted by Crippen LogP contribution is 2.33. The normalized spacial score (nSPS) is 11.9. The fourth-order valence-electron chi connectivity index (χ4n) is 1.75. The minimum Gasteiger partial charge on any atom is -0.193 e. The molecule has 0 aromatic heterocycles. The second-order valence-corrected chi connectivity index (χ2v) is 5.60. The number of rotatable bonds is 6. The summed E-state index contributed by atoms with van der Waals surface area (Å²) in [5.74, 6) is 0. The van der Waals surface area contributed by atoms with Gasteiger partial charge in [0.15, 0.2) is 0 Å². The monoisotopic (exact) mass is 259 g/mol. The number of hydrogen-bond acceptors (Lipinski definition) is 2. The minimum absolute atomic E-state index is 0.894. The summed E-state index contributed by atoms with van der Waals surface area (Å²) in [6, 6.07) is 10.9. The molecule has 0 unspecified atom stereocenters. The van der Waals surface area contributed by atoms with Gasteiger partial charge in [-0.2, -0.15) is 5.26 Å². The van der Waals surface area contributed by atoms with Crippen LogP contribution in [-0.4, -0.2) is 0 Å². The Balaban J connectivity index is 2.92. The summed E-state index contributed by atoms with van der Waals surface area (Å²) in [5.41, 5.74) is 2.24. The summed E-state index contributed by atoms with van der Waals surface area (Å²) in [7, 11) is 0. The van der Waals surface area contributed by atoms with Gasteiger partial charge in [-0.05, 0) is 31.9 Å². The Labute approximate surface area is 115 Å². The Bertz CT molecular complexity index is 437. The van der Waals surface area contributed by atoms with Gasteiger partial charge in [-0.3, -0.25) is 0 Å². The lowest BCUT2D eigenvalue weighted by Gasteiger charge is -2.09. The molecule has 1 nitrogen and oxygen atoms in total. The van der Waals surface area contributed by atoms with Crippen LogP contribution in [0, 0.1) is 18.3 Å². The van der Waals surface area contributed by atoms with Crippen molar-refractivity contribution in [3.8, 4) is 6.07 Å². The van der Waals surface area contributed by atoms with Crippen LogP contribution < -0.4 is 0 Å². The molecule has 0 saturated heterocycles. The zero-order chi connectivity index (χ0) is 13.4. The van der Waals surface area contributed by atoms with E-state index in [4.69, 9.17) is 0 Å². The van der Waals surface area contributed by atoms with E-state index in [1.165, 1.54) is 15.4 Å². The lowest BCUT2D eigenvalue weighted by Crippen LogP contribution is -1.88. The van der Waals surface area contributed by atoms with Crippen molar-refractivity contribution < 1.29 is 0 Å². The molecule has 0 fully saturated rings. The van der Waals surface area contributed by atoms with E-state index in [0.717, 1.165) is 31.3 Å². The highest BCUT2D eigenvalue weighted by atomic mass is 32.2. The summed E-state index contributed by atoms with van der Waals surface area (Å²) < 4.78 is 0. The van der Waals surface area contributed by atoms with Crippen LogP contribution in [0.25, 0.3) is 0 Å². The second-order valence-electron chi connectivity index (χ2n) is 4.43. The molecule has 1 rings (SSSR count). The first-order valence-electron chi connectivity index (χ1n) is 6.57. The molecule has 0 aliphatic rings. The Hall–Kier alpha value is -1.20. The summed E-state index contributed by atoms with van der Waals surface area (Å²) >= 11 is 1.75. The van der Waals surface area contributed by atoms with E-state index in [9.17, 15) is 5.26 Å². The van der Waals surface area contributed by atoms with E-state index in [0.29, 0.717) is 0 Å². The van der Waals surface area contributed by atoms with Crippen LogP contribution in [0.2, 0.25) is 0 Å². The van der Waals surface area contributed by atoms with Gasteiger partial charge in [0.2, 0.25) is 0 Å². The highest BCUT2D eigenvalue weighted by molar-refractivity contribution is 8.03. The van der Waals surface area contributed by atoms with Crippen molar-refractivity contribution in [1.29, 1.82) is 5.26 Å². The van der Waals surface area contributed by atoms with Gasteiger partial charge in [-0.1, -0.05) is 56.1 Å². The number of hydrogen-bond donors (Lipinski definition) is 0. The number of nitriles is 1. The molecule has 2 heteroatoms. The number of aryl methyl sites for hydroxylation is 1.